The third-order valence-electron chi connectivity index (χ3n) is 1.93. The lowest BCUT2D eigenvalue weighted by Crippen LogP contribution is -1.91. The van der Waals surface area contributed by atoms with Gasteiger partial charge < -0.3 is 0 Å². The van der Waals surface area contributed by atoms with Crippen molar-refractivity contribution in [3.05, 3.63) is 35.4 Å². The van der Waals surface area contributed by atoms with Gasteiger partial charge in [-0.15, -0.1) is 0 Å². The zero-order valence-electron chi connectivity index (χ0n) is 7.34. The summed E-state index contributed by atoms with van der Waals surface area (Å²) in [6.07, 6.45) is 5.24. The normalized spacial score (nSPS) is 9.75. The quantitative estimate of drug-likeness (QED) is 0.663. The molecule has 0 amide bonds. The van der Waals surface area contributed by atoms with E-state index in [1.807, 2.05) is 30.6 Å². The van der Waals surface area contributed by atoms with Gasteiger partial charge in [-0.2, -0.15) is 0 Å². The van der Waals surface area contributed by atoms with Gasteiger partial charge in [0.25, 0.3) is 0 Å². The molecule has 0 heterocycles. The third kappa shape index (κ3) is 2.19. The lowest BCUT2D eigenvalue weighted by Gasteiger charge is -2.01. The molecule has 0 aliphatic carbocycles. The summed E-state index contributed by atoms with van der Waals surface area (Å²) in [4.78, 5) is 10.5. The van der Waals surface area contributed by atoms with Crippen molar-refractivity contribution in [1.29, 1.82) is 0 Å². The van der Waals surface area contributed by atoms with Crippen molar-refractivity contribution in [2.24, 2.45) is 0 Å². The molecule has 0 aromatic heterocycles. The molecular weight excluding hydrogens is 148 g/mol. The van der Waals surface area contributed by atoms with Crippen LogP contribution < -0.4 is 0 Å². The Morgan fingerprint density at radius 1 is 1.33 bits per heavy atom. The predicted molar refractivity (Wildman–Crippen MR) is 49.8 cm³/mol. The Morgan fingerprint density at radius 2 is 2.08 bits per heavy atom. The van der Waals surface area contributed by atoms with Crippen LogP contribution in [0, 0.1) is 0 Å². The monoisotopic (exact) mass is 161 g/mol. The van der Waals surface area contributed by atoms with Gasteiger partial charge in [-0.05, 0) is 18.4 Å². The van der Waals surface area contributed by atoms with E-state index in [9.17, 15) is 4.79 Å². The van der Waals surface area contributed by atoms with Crippen LogP contribution in [0.25, 0.3) is 0 Å². The first-order valence-electron chi connectivity index (χ1n) is 4.34. The second kappa shape index (κ2) is 4.70. The van der Waals surface area contributed by atoms with Crippen LogP contribution in [0.3, 0.4) is 0 Å². The number of hydrogen-bond donors (Lipinski definition) is 0. The summed E-state index contributed by atoms with van der Waals surface area (Å²) in [5.74, 6) is 0. The molecular formula is C11H13O. The minimum absolute atomic E-state index is 0.714. The van der Waals surface area contributed by atoms with Gasteiger partial charge in [-0.25, -0.2) is 0 Å². The Labute approximate surface area is 73.4 Å². The van der Waals surface area contributed by atoms with E-state index >= 15 is 0 Å². The number of carbonyl (C=O) groups excluding carboxylic acids is 1. The molecule has 0 bridgehead atoms. The SMILES string of the molecule is CCCCc1ccccc1[C]=O. The minimum Gasteiger partial charge on any atom is -0.285 e. The van der Waals surface area contributed by atoms with E-state index in [1.54, 1.807) is 0 Å². The fourth-order valence-electron chi connectivity index (χ4n) is 1.21. The van der Waals surface area contributed by atoms with Gasteiger partial charge in [-0.3, -0.25) is 4.79 Å². The summed E-state index contributed by atoms with van der Waals surface area (Å²) in [6, 6.07) is 7.65. The van der Waals surface area contributed by atoms with E-state index in [0.29, 0.717) is 5.56 Å². The highest BCUT2D eigenvalue weighted by Gasteiger charge is 1.99. The number of benzene rings is 1. The van der Waals surface area contributed by atoms with Crippen molar-refractivity contribution in [2.75, 3.05) is 0 Å². The van der Waals surface area contributed by atoms with Gasteiger partial charge in [0, 0.05) is 5.56 Å². The van der Waals surface area contributed by atoms with Gasteiger partial charge in [-0.1, -0.05) is 37.6 Å². The second-order valence-electron chi connectivity index (χ2n) is 2.86. The van der Waals surface area contributed by atoms with Crippen LogP contribution in [0.5, 0.6) is 0 Å². The molecule has 0 saturated carbocycles. The molecule has 12 heavy (non-hydrogen) atoms. The predicted octanol–water partition coefficient (Wildman–Crippen LogP) is 2.49. The summed E-state index contributed by atoms with van der Waals surface area (Å²) in [5, 5.41) is 0. The molecule has 1 rings (SSSR count). The Kier molecular flexibility index (Phi) is 3.52. The number of hydrogen-bond acceptors (Lipinski definition) is 1. The zero-order chi connectivity index (χ0) is 8.81. The van der Waals surface area contributed by atoms with E-state index in [1.165, 1.54) is 0 Å². The summed E-state index contributed by atoms with van der Waals surface area (Å²) in [5.41, 5.74) is 1.83. The molecule has 0 spiro atoms. The first-order chi connectivity index (χ1) is 5.88. The van der Waals surface area contributed by atoms with Crippen LogP contribution in [-0.2, 0) is 11.2 Å². The molecule has 1 aromatic rings. The molecule has 0 saturated heterocycles. The molecule has 1 radical (unpaired) electrons. The highest BCUT2D eigenvalue weighted by Crippen LogP contribution is 2.09. The molecule has 0 N–H and O–H groups in total. The Morgan fingerprint density at radius 3 is 2.75 bits per heavy atom. The Bertz CT molecular complexity index is 253. The maximum Gasteiger partial charge on any atom is 0.233 e. The number of unbranched alkanes of at least 4 members (excludes halogenated alkanes) is 1. The smallest absolute Gasteiger partial charge is 0.233 e. The van der Waals surface area contributed by atoms with Crippen molar-refractivity contribution >= 4 is 6.29 Å². The molecule has 63 valence electrons. The molecule has 0 unspecified atom stereocenters. The van der Waals surface area contributed by atoms with E-state index in [-0.39, 0.29) is 0 Å². The lowest BCUT2D eigenvalue weighted by atomic mass is 10.0. The van der Waals surface area contributed by atoms with Gasteiger partial charge in [0.1, 0.15) is 0 Å². The largest absolute Gasteiger partial charge is 0.285 e. The third-order valence-corrected chi connectivity index (χ3v) is 1.93. The van der Waals surface area contributed by atoms with E-state index in [4.69, 9.17) is 0 Å². The summed E-state index contributed by atoms with van der Waals surface area (Å²) in [6.45, 7) is 2.15. The Balaban J connectivity index is 2.75. The maximum atomic E-state index is 10.5. The van der Waals surface area contributed by atoms with E-state index in [0.717, 1.165) is 24.8 Å². The lowest BCUT2D eigenvalue weighted by molar-refractivity contribution is 0.562. The molecule has 1 aromatic carbocycles. The standard InChI is InChI=1S/C11H13O/c1-2-3-6-10-7-4-5-8-11(10)9-12/h4-5,7-8H,2-3,6H2,1H3. The van der Waals surface area contributed by atoms with Gasteiger partial charge in [0.05, 0.1) is 0 Å². The van der Waals surface area contributed by atoms with Gasteiger partial charge in [0.2, 0.25) is 6.29 Å². The number of rotatable bonds is 4. The molecule has 0 aliphatic heterocycles. The molecule has 0 atom stereocenters. The molecule has 1 heteroatoms. The van der Waals surface area contributed by atoms with Crippen molar-refractivity contribution in [1.82, 2.24) is 0 Å². The highest BCUT2D eigenvalue weighted by molar-refractivity contribution is 5.77. The maximum absolute atomic E-state index is 10.5. The topological polar surface area (TPSA) is 17.1 Å². The summed E-state index contributed by atoms with van der Waals surface area (Å²) < 4.78 is 0. The first kappa shape index (κ1) is 8.98. The fraction of sp³-hybridized carbons (Fsp3) is 0.364. The first-order valence-corrected chi connectivity index (χ1v) is 4.34. The van der Waals surface area contributed by atoms with Crippen LogP contribution in [0.1, 0.15) is 30.9 Å². The zero-order valence-corrected chi connectivity index (χ0v) is 7.34. The van der Waals surface area contributed by atoms with Crippen LogP contribution >= 0.6 is 0 Å². The molecule has 1 nitrogen and oxygen atoms in total. The van der Waals surface area contributed by atoms with Crippen LogP contribution in [0.2, 0.25) is 0 Å². The minimum atomic E-state index is 0.714. The Hall–Kier alpha value is -1.11. The summed E-state index contributed by atoms with van der Waals surface area (Å²) in [7, 11) is 0. The average Bonchev–Trinajstić information content (AvgIpc) is 2.15. The van der Waals surface area contributed by atoms with Crippen LogP contribution in [-0.4, -0.2) is 6.29 Å². The highest BCUT2D eigenvalue weighted by atomic mass is 16.1. The molecule has 0 aliphatic rings. The van der Waals surface area contributed by atoms with Crippen molar-refractivity contribution in [3.8, 4) is 0 Å². The van der Waals surface area contributed by atoms with Crippen molar-refractivity contribution < 1.29 is 4.79 Å². The van der Waals surface area contributed by atoms with Crippen molar-refractivity contribution in [2.45, 2.75) is 26.2 Å². The molecule has 0 fully saturated rings. The number of aryl methyl sites for hydroxylation is 1. The van der Waals surface area contributed by atoms with Crippen molar-refractivity contribution in [3.63, 3.8) is 0 Å². The van der Waals surface area contributed by atoms with Gasteiger partial charge in [0.15, 0.2) is 0 Å². The average molecular weight is 161 g/mol. The second-order valence-corrected chi connectivity index (χ2v) is 2.86. The summed E-state index contributed by atoms with van der Waals surface area (Å²) >= 11 is 0. The van der Waals surface area contributed by atoms with E-state index < -0.39 is 0 Å². The van der Waals surface area contributed by atoms with Gasteiger partial charge >= 0.3 is 0 Å². The van der Waals surface area contributed by atoms with E-state index in [2.05, 4.69) is 6.92 Å². The van der Waals surface area contributed by atoms with Crippen LogP contribution in [0.4, 0.5) is 0 Å². The van der Waals surface area contributed by atoms with Crippen LogP contribution in [0.15, 0.2) is 24.3 Å². The fourth-order valence-corrected chi connectivity index (χ4v) is 1.21.